The van der Waals surface area contributed by atoms with E-state index in [-0.39, 0.29) is 12.2 Å². The predicted molar refractivity (Wildman–Crippen MR) is 66.2 cm³/mol. The molecule has 0 saturated heterocycles. The van der Waals surface area contributed by atoms with Crippen molar-refractivity contribution in [3.63, 3.8) is 0 Å². The summed E-state index contributed by atoms with van der Waals surface area (Å²) < 4.78 is 45.0. The molecular weight excluding hydrogens is 299 g/mol. The van der Waals surface area contributed by atoms with Gasteiger partial charge in [-0.25, -0.2) is 17.6 Å². The maximum Gasteiger partial charge on any atom is 0.338 e. The molecule has 0 aliphatic heterocycles. The Hall–Kier alpha value is -1.18. The number of carbonyl (C=O) groups excluding carboxylic acids is 1. The third kappa shape index (κ3) is 5.14. The van der Waals surface area contributed by atoms with Crippen LogP contribution in [0.2, 0.25) is 0 Å². The number of benzene rings is 1. The summed E-state index contributed by atoms with van der Waals surface area (Å²) >= 11 is 0. The number of ether oxygens (including phenoxy) is 2. The van der Waals surface area contributed by atoms with Crippen LogP contribution in [0.1, 0.15) is 16.8 Å². The van der Waals surface area contributed by atoms with Crippen molar-refractivity contribution in [2.24, 2.45) is 0 Å². The van der Waals surface area contributed by atoms with Crippen molar-refractivity contribution < 1.29 is 27.1 Å². The van der Waals surface area contributed by atoms with Gasteiger partial charge in [0.1, 0.15) is 5.82 Å². The summed E-state index contributed by atoms with van der Waals surface area (Å²) in [6.07, 6.45) is 0.484. The molecule has 1 rings (SSSR count). The topological polar surface area (TPSA) is 69.7 Å². The number of rotatable bonds is 6. The number of halogens is 2. The van der Waals surface area contributed by atoms with E-state index in [9.17, 15) is 17.6 Å². The smallest absolute Gasteiger partial charge is 0.338 e. The minimum atomic E-state index is -4.11. The quantitative estimate of drug-likeness (QED) is 0.456. The zero-order chi connectivity index (χ0) is 14.5. The van der Waals surface area contributed by atoms with Crippen LogP contribution in [0.5, 0.6) is 0 Å². The van der Waals surface area contributed by atoms with E-state index < -0.39 is 25.7 Å². The predicted octanol–water partition coefficient (Wildman–Crippen LogP) is 1.95. The minimum absolute atomic E-state index is 0.0894. The Kier molecular flexibility index (Phi) is 5.71. The van der Waals surface area contributed by atoms with E-state index in [4.69, 9.17) is 20.2 Å². The molecule has 1 aromatic rings. The molecule has 0 atom stereocenters. The lowest BCUT2D eigenvalue weighted by atomic mass is 10.2. The third-order valence-electron chi connectivity index (χ3n) is 2.11. The highest BCUT2D eigenvalue weighted by molar-refractivity contribution is 8.13. The van der Waals surface area contributed by atoms with Crippen LogP contribution in [-0.2, 0) is 18.5 Å². The first-order valence-electron chi connectivity index (χ1n) is 5.26. The Morgan fingerprint density at radius 1 is 1.32 bits per heavy atom. The molecule has 0 unspecified atom stereocenters. The Labute approximate surface area is 114 Å². The van der Waals surface area contributed by atoms with Crippen molar-refractivity contribution in [2.45, 2.75) is 11.3 Å². The molecule has 5 nitrogen and oxygen atoms in total. The summed E-state index contributed by atoms with van der Waals surface area (Å²) in [6.45, 7) is 0.504. The zero-order valence-corrected chi connectivity index (χ0v) is 11.6. The van der Waals surface area contributed by atoms with Crippen LogP contribution < -0.4 is 0 Å². The first kappa shape index (κ1) is 15.9. The van der Waals surface area contributed by atoms with Crippen LogP contribution in [-0.4, -0.2) is 34.7 Å². The highest BCUT2D eigenvalue weighted by Crippen LogP contribution is 2.19. The normalized spacial score (nSPS) is 11.3. The lowest BCUT2D eigenvalue weighted by molar-refractivity contribution is 0.0467. The highest BCUT2D eigenvalue weighted by atomic mass is 35.7. The van der Waals surface area contributed by atoms with Crippen LogP contribution in [0.3, 0.4) is 0 Å². The van der Waals surface area contributed by atoms with Crippen LogP contribution in [0, 0.1) is 5.82 Å². The van der Waals surface area contributed by atoms with Crippen LogP contribution in [0.4, 0.5) is 4.39 Å². The molecule has 0 N–H and O–H groups in total. The van der Waals surface area contributed by atoms with Crippen molar-refractivity contribution in [1.29, 1.82) is 0 Å². The van der Waals surface area contributed by atoms with Gasteiger partial charge < -0.3 is 9.47 Å². The fourth-order valence-corrected chi connectivity index (χ4v) is 2.06. The average Bonchev–Trinajstić information content (AvgIpc) is 2.32. The maximum atomic E-state index is 13.2. The van der Waals surface area contributed by atoms with Gasteiger partial charge in [-0.3, -0.25) is 0 Å². The van der Waals surface area contributed by atoms with Crippen LogP contribution in [0.15, 0.2) is 23.1 Å². The van der Waals surface area contributed by atoms with Crippen LogP contribution >= 0.6 is 10.7 Å². The Morgan fingerprint density at radius 2 is 2.00 bits per heavy atom. The molecule has 0 aliphatic rings. The van der Waals surface area contributed by atoms with Crippen molar-refractivity contribution >= 4 is 25.7 Å². The zero-order valence-electron chi connectivity index (χ0n) is 10.1. The van der Waals surface area contributed by atoms with Gasteiger partial charge in [0.05, 0.1) is 17.1 Å². The molecule has 0 aromatic heterocycles. The molecule has 0 fully saturated rings. The molecule has 0 aliphatic carbocycles. The van der Waals surface area contributed by atoms with E-state index in [0.717, 1.165) is 18.2 Å². The molecule has 0 bridgehead atoms. The fourth-order valence-electron chi connectivity index (χ4n) is 1.27. The second-order valence-electron chi connectivity index (χ2n) is 3.60. The second-order valence-corrected chi connectivity index (χ2v) is 6.16. The van der Waals surface area contributed by atoms with Crippen molar-refractivity contribution in [3.05, 3.63) is 29.6 Å². The largest absolute Gasteiger partial charge is 0.462 e. The van der Waals surface area contributed by atoms with Gasteiger partial charge >= 0.3 is 5.97 Å². The molecular formula is C11H12ClFO5S. The van der Waals surface area contributed by atoms with Crippen molar-refractivity contribution in [2.75, 3.05) is 20.3 Å². The number of carbonyl (C=O) groups is 1. The highest BCUT2D eigenvalue weighted by Gasteiger charge is 2.16. The molecule has 0 saturated carbocycles. The summed E-state index contributed by atoms with van der Waals surface area (Å²) in [5.41, 5.74) is -0.211. The maximum absolute atomic E-state index is 13.2. The van der Waals surface area contributed by atoms with Gasteiger partial charge in [0, 0.05) is 30.8 Å². The van der Waals surface area contributed by atoms with E-state index in [1.165, 1.54) is 7.11 Å². The van der Waals surface area contributed by atoms with Gasteiger partial charge in [-0.05, 0) is 18.2 Å². The van der Waals surface area contributed by atoms with E-state index >= 15 is 0 Å². The summed E-state index contributed by atoms with van der Waals surface area (Å²) in [5.74, 6) is -1.71. The van der Waals surface area contributed by atoms with Gasteiger partial charge in [0.25, 0.3) is 9.05 Å². The average molecular weight is 311 g/mol. The number of hydrogen-bond acceptors (Lipinski definition) is 5. The first-order chi connectivity index (χ1) is 8.84. The van der Waals surface area contributed by atoms with E-state index in [1.807, 2.05) is 0 Å². The molecule has 0 amide bonds. The SMILES string of the molecule is COCCCOC(=O)c1cc(F)cc(S(=O)(=O)Cl)c1. The van der Waals surface area contributed by atoms with Gasteiger partial charge in [0.15, 0.2) is 0 Å². The van der Waals surface area contributed by atoms with Crippen LogP contribution in [0.25, 0.3) is 0 Å². The molecule has 1 aromatic carbocycles. The summed E-state index contributed by atoms with van der Waals surface area (Å²) in [7, 11) is 2.49. The standard InChI is InChI=1S/C11H12ClFO5S/c1-17-3-2-4-18-11(14)8-5-9(13)7-10(6-8)19(12,15)16/h5-7H,2-4H2,1H3. The first-order valence-corrected chi connectivity index (χ1v) is 7.57. The van der Waals surface area contributed by atoms with Gasteiger partial charge in [0.2, 0.25) is 0 Å². The lowest BCUT2D eigenvalue weighted by Crippen LogP contribution is -2.09. The van der Waals surface area contributed by atoms with E-state index in [2.05, 4.69) is 0 Å². The summed E-state index contributed by atoms with van der Waals surface area (Å²) in [4.78, 5) is 11.1. The van der Waals surface area contributed by atoms with E-state index in [1.54, 1.807) is 0 Å². The van der Waals surface area contributed by atoms with Gasteiger partial charge in [-0.15, -0.1) is 0 Å². The fraction of sp³-hybridized carbons (Fsp3) is 0.364. The van der Waals surface area contributed by atoms with E-state index in [0.29, 0.717) is 13.0 Å². The Balaban J connectivity index is 2.83. The van der Waals surface area contributed by atoms with Crippen molar-refractivity contribution in [1.82, 2.24) is 0 Å². The molecule has 8 heteroatoms. The summed E-state index contributed by atoms with van der Waals surface area (Å²) in [5, 5.41) is 0. The Morgan fingerprint density at radius 3 is 2.58 bits per heavy atom. The lowest BCUT2D eigenvalue weighted by Gasteiger charge is -2.05. The molecule has 106 valence electrons. The number of methoxy groups -OCH3 is 1. The monoisotopic (exact) mass is 310 g/mol. The minimum Gasteiger partial charge on any atom is -0.462 e. The molecule has 0 heterocycles. The molecule has 19 heavy (non-hydrogen) atoms. The number of hydrogen-bond donors (Lipinski definition) is 0. The van der Waals surface area contributed by atoms with Gasteiger partial charge in [-0.1, -0.05) is 0 Å². The second kappa shape index (κ2) is 6.83. The molecule has 0 radical (unpaired) electrons. The third-order valence-corrected chi connectivity index (χ3v) is 3.45. The number of esters is 1. The van der Waals surface area contributed by atoms with Crippen molar-refractivity contribution in [3.8, 4) is 0 Å². The summed E-state index contributed by atoms with van der Waals surface area (Å²) in [6, 6.07) is 2.57. The Bertz CT molecular complexity index is 558. The molecule has 0 spiro atoms. The van der Waals surface area contributed by atoms with Gasteiger partial charge in [-0.2, -0.15) is 0 Å².